The van der Waals surface area contributed by atoms with Crippen LogP contribution in [0.1, 0.15) is 49.8 Å². The number of amides is 2. The van der Waals surface area contributed by atoms with Gasteiger partial charge in [0.05, 0.1) is 27.3 Å². The number of hydrogen-bond donors (Lipinski definition) is 2. The minimum absolute atomic E-state index is 0.0201. The van der Waals surface area contributed by atoms with E-state index in [4.69, 9.17) is 11.6 Å². The van der Waals surface area contributed by atoms with Gasteiger partial charge in [-0.25, -0.2) is 9.97 Å². The number of carbonyl (C=O) groups excluding carboxylic acids is 2. The number of halogens is 1. The van der Waals surface area contributed by atoms with Gasteiger partial charge in [0, 0.05) is 30.9 Å². The molecule has 1 aliphatic heterocycles. The first-order valence-electron chi connectivity index (χ1n) is 10.3. The third-order valence-corrected chi connectivity index (χ3v) is 6.38. The molecule has 4 rings (SSSR count). The minimum atomic E-state index is -0.462. The zero-order valence-electron chi connectivity index (χ0n) is 18.3. The van der Waals surface area contributed by atoms with Gasteiger partial charge in [-0.05, 0) is 30.0 Å². The third-order valence-electron chi connectivity index (χ3n) is 5.26. The molecule has 8 nitrogen and oxygen atoms in total. The maximum absolute atomic E-state index is 13.2. The van der Waals surface area contributed by atoms with Crippen molar-refractivity contribution in [3.8, 4) is 0 Å². The highest BCUT2D eigenvalue weighted by Crippen LogP contribution is 2.28. The molecule has 2 amide bonds. The topological polar surface area (TPSA) is 100 Å². The smallest absolute Gasteiger partial charge is 0.274 e. The van der Waals surface area contributed by atoms with Gasteiger partial charge in [0.1, 0.15) is 0 Å². The van der Waals surface area contributed by atoms with Crippen LogP contribution in [-0.4, -0.2) is 50.8 Å². The van der Waals surface area contributed by atoms with Gasteiger partial charge in [-0.15, -0.1) is 11.3 Å². The van der Waals surface area contributed by atoms with E-state index >= 15 is 0 Å². The fraction of sp³-hybridized carbons (Fsp3) is 0.409. The molecule has 1 aliphatic rings. The molecule has 0 saturated carbocycles. The second kappa shape index (κ2) is 8.63. The number of nitrogens with one attached hydrogen (secondary N) is 2. The summed E-state index contributed by atoms with van der Waals surface area (Å²) in [4.78, 5) is 40.3. The number of fused-ring (bicyclic) bond motifs is 1. The van der Waals surface area contributed by atoms with Crippen molar-refractivity contribution < 1.29 is 9.59 Å². The Hall–Kier alpha value is -2.78. The maximum atomic E-state index is 13.2. The van der Waals surface area contributed by atoms with Crippen LogP contribution in [0.5, 0.6) is 0 Å². The van der Waals surface area contributed by atoms with Crippen LogP contribution in [-0.2, 0) is 4.79 Å². The van der Waals surface area contributed by atoms with Crippen molar-refractivity contribution in [1.82, 2.24) is 25.2 Å². The van der Waals surface area contributed by atoms with Gasteiger partial charge in [-0.3, -0.25) is 14.6 Å². The number of carbonyl (C=O) groups is 2. The predicted octanol–water partition coefficient (Wildman–Crippen LogP) is 3.90. The Balaban J connectivity index is 1.50. The second-order valence-corrected chi connectivity index (χ2v) is 10.3. The zero-order valence-corrected chi connectivity index (χ0v) is 19.9. The molecule has 1 fully saturated rings. The van der Waals surface area contributed by atoms with Crippen molar-refractivity contribution in [1.29, 1.82) is 0 Å². The van der Waals surface area contributed by atoms with E-state index in [1.54, 1.807) is 17.3 Å². The molecule has 168 valence electrons. The second-order valence-electron chi connectivity index (χ2n) is 8.96. The summed E-state index contributed by atoms with van der Waals surface area (Å²) < 4.78 is 0.750. The maximum Gasteiger partial charge on any atom is 0.274 e. The van der Waals surface area contributed by atoms with Gasteiger partial charge in [0.15, 0.2) is 5.69 Å². The van der Waals surface area contributed by atoms with E-state index in [-0.39, 0.29) is 23.9 Å². The first kappa shape index (κ1) is 22.4. The summed E-state index contributed by atoms with van der Waals surface area (Å²) in [6, 6.07) is 3.51. The monoisotopic (exact) mass is 472 g/mol. The highest BCUT2D eigenvalue weighted by atomic mass is 35.5. The number of pyridine rings is 1. The van der Waals surface area contributed by atoms with Crippen LogP contribution in [0.2, 0.25) is 5.02 Å². The Morgan fingerprint density at radius 1 is 1.25 bits per heavy atom. The fourth-order valence-corrected chi connectivity index (χ4v) is 4.30. The molecule has 1 atom stereocenters. The third kappa shape index (κ3) is 4.68. The summed E-state index contributed by atoms with van der Waals surface area (Å²) in [5, 5.41) is 8.68. The van der Waals surface area contributed by atoms with Crippen molar-refractivity contribution in [2.24, 2.45) is 5.41 Å². The largest absolute Gasteiger partial charge is 0.349 e. The molecule has 0 aromatic carbocycles. The van der Waals surface area contributed by atoms with E-state index in [1.807, 2.05) is 45.2 Å². The first-order chi connectivity index (χ1) is 15.1. The molecule has 1 saturated heterocycles. The highest BCUT2D eigenvalue weighted by molar-refractivity contribution is 7.17. The first-order valence-corrected chi connectivity index (χ1v) is 11.6. The summed E-state index contributed by atoms with van der Waals surface area (Å²) in [6.07, 6.45) is 3.30. The lowest BCUT2D eigenvalue weighted by molar-refractivity contribution is -0.130. The average molecular weight is 473 g/mol. The number of hydrogen-bond acceptors (Lipinski definition) is 7. The lowest BCUT2D eigenvalue weighted by atomic mass is 9.94. The molecule has 10 heteroatoms. The van der Waals surface area contributed by atoms with E-state index in [2.05, 4.69) is 25.6 Å². The minimum Gasteiger partial charge on any atom is -0.349 e. The van der Waals surface area contributed by atoms with Crippen LogP contribution in [0, 0.1) is 5.41 Å². The van der Waals surface area contributed by atoms with E-state index in [0.717, 1.165) is 10.3 Å². The summed E-state index contributed by atoms with van der Waals surface area (Å²) >= 11 is 7.49. The summed E-state index contributed by atoms with van der Waals surface area (Å²) in [5.74, 6) is 0.180. The lowest BCUT2D eigenvalue weighted by Gasteiger charge is -2.40. The standard InChI is InChI=1S/C22H25ClN6O2S/c1-12(13-7-14(23)9-24-8-13)25-21-27-16-5-6-32-18(16)17(28-21)19(30)29-10-15(11-29)26-20(31)22(2,3)4/h5-9,12,15H,10-11H2,1-4H3,(H,26,31)(H,25,27,28)/t12-/m0/s1. The Morgan fingerprint density at radius 2 is 2.00 bits per heavy atom. The molecule has 3 aromatic rings. The lowest BCUT2D eigenvalue weighted by Crippen LogP contribution is -2.62. The molecular formula is C22H25ClN6O2S. The highest BCUT2D eigenvalue weighted by Gasteiger charge is 2.36. The Labute approximate surface area is 195 Å². The van der Waals surface area contributed by atoms with Gasteiger partial charge in [-0.1, -0.05) is 32.4 Å². The van der Waals surface area contributed by atoms with Gasteiger partial charge < -0.3 is 15.5 Å². The quantitative estimate of drug-likeness (QED) is 0.584. The molecule has 3 aromatic heterocycles. The van der Waals surface area contributed by atoms with Crippen LogP contribution in [0.3, 0.4) is 0 Å². The molecule has 2 N–H and O–H groups in total. The molecule has 4 heterocycles. The molecule has 0 bridgehead atoms. The SMILES string of the molecule is C[C@H](Nc1nc(C(=O)N2CC(NC(=O)C(C)(C)C)C2)c2sccc2n1)c1cncc(Cl)c1. The van der Waals surface area contributed by atoms with E-state index in [1.165, 1.54) is 11.3 Å². The van der Waals surface area contributed by atoms with E-state index in [0.29, 0.717) is 35.3 Å². The van der Waals surface area contributed by atoms with E-state index in [9.17, 15) is 9.59 Å². The van der Waals surface area contributed by atoms with Gasteiger partial charge >= 0.3 is 0 Å². The zero-order chi connectivity index (χ0) is 23.0. The van der Waals surface area contributed by atoms with Crippen molar-refractivity contribution in [2.75, 3.05) is 18.4 Å². The molecular weight excluding hydrogens is 448 g/mol. The van der Waals surface area contributed by atoms with Gasteiger partial charge in [-0.2, -0.15) is 0 Å². The summed E-state index contributed by atoms with van der Waals surface area (Å²) in [7, 11) is 0. The summed E-state index contributed by atoms with van der Waals surface area (Å²) in [5.41, 5.74) is 1.50. The van der Waals surface area contributed by atoms with Crippen molar-refractivity contribution >= 4 is 50.9 Å². The molecule has 0 spiro atoms. The molecule has 0 unspecified atom stereocenters. The number of thiophene rings is 1. The van der Waals surface area contributed by atoms with E-state index < -0.39 is 5.41 Å². The predicted molar refractivity (Wildman–Crippen MR) is 126 cm³/mol. The number of rotatable bonds is 5. The van der Waals surface area contributed by atoms with Crippen LogP contribution < -0.4 is 10.6 Å². The Morgan fingerprint density at radius 3 is 2.69 bits per heavy atom. The van der Waals surface area contributed by atoms with Gasteiger partial charge in [0.25, 0.3) is 5.91 Å². The van der Waals surface area contributed by atoms with Crippen LogP contribution in [0.15, 0.2) is 29.9 Å². The molecule has 32 heavy (non-hydrogen) atoms. The van der Waals surface area contributed by atoms with Crippen molar-refractivity contribution in [3.05, 3.63) is 46.2 Å². The van der Waals surface area contributed by atoms with Crippen molar-refractivity contribution in [3.63, 3.8) is 0 Å². The average Bonchev–Trinajstić information content (AvgIpc) is 3.17. The Bertz CT molecular complexity index is 1170. The fourth-order valence-electron chi connectivity index (χ4n) is 3.30. The van der Waals surface area contributed by atoms with Crippen LogP contribution >= 0.6 is 22.9 Å². The molecule has 0 radical (unpaired) electrons. The number of nitrogens with zero attached hydrogens (tertiary/aromatic N) is 4. The van der Waals surface area contributed by atoms with Gasteiger partial charge in [0.2, 0.25) is 11.9 Å². The van der Waals surface area contributed by atoms with Crippen LogP contribution in [0.25, 0.3) is 10.2 Å². The normalized spacial score (nSPS) is 15.3. The Kier molecular flexibility index (Phi) is 6.05. The number of aromatic nitrogens is 3. The van der Waals surface area contributed by atoms with Crippen LogP contribution in [0.4, 0.5) is 5.95 Å². The summed E-state index contributed by atoms with van der Waals surface area (Å²) in [6.45, 7) is 8.48. The van der Waals surface area contributed by atoms with Crippen molar-refractivity contribution in [2.45, 2.75) is 39.8 Å². The molecule has 0 aliphatic carbocycles. The number of likely N-dealkylation sites (tertiary alicyclic amines) is 1. The number of anilines is 1.